The molecule has 1 amide bonds. The predicted molar refractivity (Wildman–Crippen MR) is 233 cm³/mol. The number of anilines is 1. The van der Waals surface area contributed by atoms with Crippen LogP contribution >= 0.6 is 23.2 Å². The number of carbonyl (C=O) groups excluding carboxylic acids is 1. The molecule has 300 valence electrons. The molecule has 4 aromatic heterocycles. The number of hydrogen-bond donors (Lipinski definition) is 1. The number of aryl methyl sites for hydroxylation is 6. The second-order valence-corrected chi connectivity index (χ2v) is 15.5. The molecule has 1 aliphatic rings. The van der Waals surface area contributed by atoms with Crippen molar-refractivity contribution in [3.05, 3.63) is 128 Å². The average Bonchev–Trinajstić information content (AvgIpc) is 3.81. The second kappa shape index (κ2) is 16.3. The quantitative estimate of drug-likeness (QED) is 0.138. The number of carboxylic acid groups (broad SMARTS) is 1. The molecule has 0 saturated heterocycles. The smallest absolute Gasteiger partial charge is 0.352 e. The van der Waals surface area contributed by atoms with E-state index in [0.717, 1.165) is 77.5 Å². The largest absolute Gasteiger partial charge is 0.494 e. The van der Waals surface area contributed by atoms with Gasteiger partial charge in [0.25, 0.3) is 5.91 Å². The molecule has 0 saturated carbocycles. The van der Waals surface area contributed by atoms with Crippen molar-refractivity contribution in [3.63, 3.8) is 0 Å². The van der Waals surface area contributed by atoms with E-state index in [1.807, 2.05) is 115 Å². The number of ether oxygens (including phenoxy) is 1. The first-order valence-corrected chi connectivity index (χ1v) is 20.4. The molecule has 1 aliphatic heterocycles. The Morgan fingerprint density at radius 2 is 1.66 bits per heavy atom. The number of nitrogens with zero attached hydrogens (tertiary/aromatic N) is 6. The summed E-state index contributed by atoms with van der Waals surface area (Å²) >= 11 is 13.5. The molecule has 0 bridgehead atoms. The molecular weight excluding hydrogens is 771 g/mol. The molecule has 10 nitrogen and oxygen atoms in total. The molecule has 8 rings (SSSR count). The van der Waals surface area contributed by atoms with E-state index in [-0.39, 0.29) is 18.1 Å². The third-order valence-corrected chi connectivity index (χ3v) is 11.9. The Hall–Kier alpha value is -5.58. The van der Waals surface area contributed by atoms with E-state index in [2.05, 4.69) is 9.55 Å². The van der Waals surface area contributed by atoms with Crippen LogP contribution in [-0.2, 0) is 26.6 Å². The summed E-state index contributed by atoms with van der Waals surface area (Å²) < 4.78 is 12.0. The van der Waals surface area contributed by atoms with Gasteiger partial charge >= 0.3 is 5.97 Å². The summed E-state index contributed by atoms with van der Waals surface area (Å²) in [4.78, 5) is 34.2. The number of halogens is 2. The second-order valence-electron chi connectivity index (χ2n) is 14.7. The highest BCUT2D eigenvalue weighted by Crippen LogP contribution is 2.44. The summed E-state index contributed by atoms with van der Waals surface area (Å²) in [5.74, 6) is -0.465. The number of rotatable bonds is 10. The monoisotopic (exact) mass is 818 g/mol. The lowest BCUT2D eigenvalue weighted by Crippen LogP contribution is -2.41. The van der Waals surface area contributed by atoms with E-state index in [1.54, 1.807) is 21.7 Å². The number of carboxylic acids is 1. The molecule has 0 aliphatic carbocycles. The van der Waals surface area contributed by atoms with Gasteiger partial charge in [0, 0.05) is 58.9 Å². The van der Waals surface area contributed by atoms with Gasteiger partial charge in [0.2, 0.25) is 0 Å². The molecular formula is C46H48Cl2N6O4. The Labute approximate surface area is 348 Å². The summed E-state index contributed by atoms with van der Waals surface area (Å²) in [6, 6.07) is 19.0. The van der Waals surface area contributed by atoms with Crippen LogP contribution in [0.25, 0.3) is 32.9 Å². The highest BCUT2D eigenvalue weighted by atomic mass is 35.5. The zero-order valence-electron chi connectivity index (χ0n) is 34.2. The lowest BCUT2D eigenvalue weighted by Gasteiger charge is -2.31. The van der Waals surface area contributed by atoms with E-state index in [9.17, 15) is 9.90 Å². The number of aromatic nitrogens is 5. The van der Waals surface area contributed by atoms with E-state index in [1.165, 1.54) is 0 Å². The molecule has 3 aromatic carbocycles. The topological polar surface area (TPSA) is 107 Å². The van der Waals surface area contributed by atoms with Gasteiger partial charge in [-0.1, -0.05) is 55.2 Å². The van der Waals surface area contributed by atoms with Crippen LogP contribution in [0.1, 0.15) is 80.6 Å². The molecule has 12 heteroatoms. The first kappa shape index (κ1) is 40.6. The third kappa shape index (κ3) is 7.13. The Morgan fingerprint density at radius 1 is 0.914 bits per heavy atom. The first-order valence-electron chi connectivity index (χ1n) is 19.7. The normalized spacial score (nSPS) is 12.6. The maximum Gasteiger partial charge on any atom is 0.352 e. The molecule has 1 N–H and O–H groups in total. The fraction of sp³-hybridized carbons (Fsp3) is 0.304. The van der Waals surface area contributed by atoms with Crippen LogP contribution in [0.5, 0.6) is 5.75 Å². The van der Waals surface area contributed by atoms with Gasteiger partial charge in [0.15, 0.2) is 0 Å². The molecule has 0 atom stereocenters. The summed E-state index contributed by atoms with van der Waals surface area (Å²) in [6.07, 6.45) is 2.94. The fourth-order valence-electron chi connectivity index (χ4n) is 8.39. The van der Waals surface area contributed by atoms with Crippen molar-refractivity contribution in [1.82, 2.24) is 23.9 Å². The zero-order chi connectivity index (χ0) is 41.6. The number of carbonyl (C=O) groups is 2. The lowest BCUT2D eigenvalue weighted by molar-refractivity contribution is 0.0686. The number of para-hydroxylation sites is 1. The molecule has 0 unspecified atom stereocenters. The van der Waals surface area contributed by atoms with Gasteiger partial charge < -0.3 is 23.9 Å². The molecule has 0 fully saturated rings. The van der Waals surface area contributed by atoms with Crippen molar-refractivity contribution < 1.29 is 19.4 Å². The zero-order valence-corrected chi connectivity index (χ0v) is 35.7. The van der Waals surface area contributed by atoms with Crippen molar-refractivity contribution in [2.24, 2.45) is 7.05 Å². The van der Waals surface area contributed by atoms with Gasteiger partial charge in [-0.25, -0.2) is 4.79 Å². The van der Waals surface area contributed by atoms with Gasteiger partial charge in [-0.3, -0.25) is 14.5 Å². The van der Waals surface area contributed by atoms with Crippen molar-refractivity contribution in [2.45, 2.75) is 74.4 Å². The number of aromatic carboxylic acids is 1. The van der Waals surface area contributed by atoms with E-state index in [4.69, 9.17) is 33.0 Å². The van der Waals surface area contributed by atoms with Crippen LogP contribution in [0.15, 0.2) is 66.9 Å². The average molecular weight is 820 g/mol. The van der Waals surface area contributed by atoms with Crippen LogP contribution in [0.2, 0.25) is 10.0 Å². The first-order chi connectivity index (χ1) is 27.8. The van der Waals surface area contributed by atoms with Gasteiger partial charge in [-0.05, 0) is 112 Å². The summed E-state index contributed by atoms with van der Waals surface area (Å²) in [7, 11) is 1.92. The highest BCUT2D eigenvalue weighted by Gasteiger charge is 2.35. The fourth-order valence-corrected chi connectivity index (χ4v) is 8.74. The number of fused-ring (bicyclic) bond motifs is 4. The van der Waals surface area contributed by atoms with Gasteiger partial charge in [0.1, 0.15) is 17.1 Å². The predicted octanol–water partition coefficient (Wildman–Crippen LogP) is 10.7. The van der Waals surface area contributed by atoms with Crippen LogP contribution in [0.4, 0.5) is 5.69 Å². The third-order valence-electron chi connectivity index (χ3n) is 11.0. The minimum atomic E-state index is -1.05. The van der Waals surface area contributed by atoms with Crippen molar-refractivity contribution in [1.29, 1.82) is 0 Å². The highest BCUT2D eigenvalue weighted by molar-refractivity contribution is 6.35. The minimum absolute atomic E-state index is 0.127. The molecule has 58 heavy (non-hydrogen) atoms. The molecule has 5 heterocycles. The Kier molecular flexibility index (Phi) is 11.4. The Morgan fingerprint density at radius 3 is 2.33 bits per heavy atom. The Bertz CT molecular complexity index is 2720. The van der Waals surface area contributed by atoms with Crippen LogP contribution in [0, 0.1) is 34.6 Å². The van der Waals surface area contributed by atoms with E-state index >= 15 is 4.79 Å². The van der Waals surface area contributed by atoms with Crippen LogP contribution in [0.3, 0.4) is 0 Å². The number of hydrogen-bond acceptors (Lipinski definition) is 5. The number of pyridine rings is 1. The van der Waals surface area contributed by atoms with Gasteiger partial charge in [0.05, 0.1) is 46.3 Å². The summed E-state index contributed by atoms with van der Waals surface area (Å²) in [6.45, 7) is 15.4. The molecule has 0 radical (unpaired) electrons. The van der Waals surface area contributed by atoms with Crippen molar-refractivity contribution in [3.8, 4) is 16.9 Å². The maximum atomic E-state index is 15.2. The van der Waals surface area contributed by atoms with E-state index < -0.39 is 5.97 Å². The van der Waals surface area contributed by atoms with Crippen molar-refractivity contribution in [2.75, 3.05) is 18.1 Å². The minimum Gasteiger partial charge on any atom is -0.494 e. The SMILES string of the molecule is CC.Cc1ccnc(Cn2c(C(=O)O)cc3cccc(N4CCn5c(c(CCCOc6cc(C)c(Cl)c(C)c6)c6ccc(Cl)c(-c7c(C)nn(C)c7C)c65)C4=O)c32)c1. The standard InChI is InChI=1S/C44H42Cl2N6O4.C2H6/c1-24-14-15-47-30(19-24)23-52-36(44(54)55)22-29-9-7-11-35(40(29)52)50-16-17-51-41-33(12-13-34(45)38(41)37-27(4)48-49(6)28(37)5)32(42(51)43(50)53)10-8-18-56-31-20-25(2)39(46)26(3)21-31;1-2/h7,9,11-15,19-22H,8,10,16-18,23H2,1-6H3,(H,54,55);1-2H3. The van der Waals surface area contributed by atoms with Gasteiger partial charge in [-0.15, -0.1) is 0 Å². The summed E-state index contributed by atoms with van der Waals surface area (Å²) in [5.41, 5.74) is 11.1. The van der Waals surface area contributed by atoms with Gasteiger partial charge in [-0.2, -0.15) is 5.10 Å². The lowest BCUT2D eigenvalue weighted by atomic mass is 9.98. The van der Waals surface area contributed by atoms with Crippen LogP contribution < -0.4 is 9.64 Å². The summed E-state index contributed by atoms with van der Waals surface area (Å²) in [5, 5.41) is 18.1. The van der Waals surface area contributed by atoms with Crippen LogP contribution in [-0.4, -0.2) is 54.0 Å². The van der Waals surface area contributed by atoms with E-state index in [0.29, 0.717) is 54.5 Å². The Balaban J connectivity index is 0.00000252. The number of amides is 1. The number of benzene rings is 3. The molecule has 0 spiro atoms. The maximum absolute atomic E-state index is 15.2. The molecule has 7 aromatic rings. The van der Waals surface area contributed by atoms with Crippen molar-refractivity contribution >= 4 is 62.6 Å².